The maximum Gasteiger partial charge on any atom is 0.372 e. The normalized spacial score (nSPS) is 11.1. The maximum atomic E-state index is 11.3. The molecule has 2 N–H and O–H groups in total. The lowest BCUT2D eigenvalue weighted by molar-refractivity contribution is 0.0663. The highest BCUT2D eigenvalue weighted by atomic mass is 16.5. The van der Waals surface area contributed by atoms with Crippen molar-refractivity contribution in [1.82, 2.24) is 10.5 Å². The summed E-state index contributed by atoms with van der Waals surface area (Å²) in [6.45, 7) is 2.70. The van der Waals surface area contributed by atoms with Crippen molar-refractivity contribution in [3.05, 3.63) is 53.1 Å². The Morgan fingerprint density at radius 3 is 2.86 bits per heavy atom. The van der Waals surface area contributed by atoms with Crippen LogP contribution in [0.3, 0.4) is 0 Å². The molecule has 0 saturated carbocycles. The Labute approximate surface area is 120 Å². The molecular weight excluding hydrogens is 272 g/mol. The zero-order valence-corrected chi connectivity index (χ0v) is 11.4. The predicted molar refractivity (Wildman–Crippen MR) is 75.0 cm³/mol. The summed E-state index contributed by atoms with van der Waals surface area (Å²) in [6, 6.07) is 9.11. The van der Waals surface area contributed by atoms with Crippen LogP contribution in [0.5, 0.6) is 0 Å². The molecule has 2 aromatic heterocycles. The van der Waals surface area contributed by atoms with Crippen molar-refractivity contribution in [2.75, 3.05) is 0 Å². The van der Waals surface area contributed by atoms with E-state index in [9.17, 15) is 9.90 Å². The molecule has 6 nitrogen and oxygen atoms in total. The number of rotatable bonds is 5. The number of aromatic carboxylic acids is 1. The van der Waals surface area contributed by atoms with Gasteiger partial charge in [0.05, 0.1) is 5.69 Å². The van der Waals surface area contributed by atoms with E-state index in [-0.39, 0.29) is 5.76 Å². The molecule has 3 aromatic rings. The van der Waals surface area contributed by atoms with Crippen molar-refractivity contribution in [3.63, 3.8) is 0 Å². The fraction of sp³-hybridized carbons (Fsp3) is 0.200. The minimum atomic E-state index is -1.07. The third kappa shape index (κ3) is 2.66. The summed E-state index contributed by atoms with van der Waals surface area (Å²) < 4.78 is 10.4. The average molecular weight is 286 g/mol. The van der Waals surface area contributed by atoms with Gasteiger partial charge in [0.2, 0.25) is 5.76 Å². The highest BCUT2D eigenvalue weighted by Gasteiger charge is 2.19. The van der Waals surface area contributed by atoms with Gasteiger partial charge >= 0.3 is 5.97 Å². The van der Waals surface area contributed by atoms with Crippen molar-refractivity contribution in [2.24, 2.45) is 0 Å². The Balaban J connectivity index is 1.82. The van der Waals surface area contributed by atoms with Gasteiger partial charge in [-0.3, -0.25) is 0 Å². The third-order valence-corrected chi connectivity index (χ3v) is 3.18. The lowest BCUT2D eigenvalue weighted by Gasteiger charge is -2.02. The van der Waals surface area contributed by atoms with Gasteiger partial charge in [-0.2, -0.15) is 0 Å². The fourth-order valence-electron chi connectivity index (χ4n) is 2.26. The number of para-hydroxylation sites is 1. The number of aryl methyl sites for hydroxylation is 1. The zero-order valence-electron chi connectivity index (χ0n) is 11.4. The van der Waals surface area contributed by atoms with Crippen LogP contribution in [0.4, 0.5) is 0 Å². The lowest BCUT2D eigenvalue weighted by Crippen LogP contribution is -2.14. The third-order valence-electron chi connectivity index (χ3n) is 3.18. The Morgan fingerprint density at radius 1 is 1.33 bits per heavy atom. The van der Waals surface area contributed by atoms with Gasteiger partial charge in [-0.25, -0.2) is 4.79 Å². The minimum absolute atomic E-state index is 0.0277. The standard InChI is InChI=1S/C15H14N2O4/c1-9-6-10(17-21-9)7-16-8-12-11-4-2-3-5-13(11)20-14(12)15(18)19/h2-6,16H,7-8H2,1H3,(H,18,19). The molecule has 0 radical (unpaired) electrons. The lowest BCUT2D eigenvalue weighted by atomic mass is 10.1. The van der Waals surface area contributed by atoms with Crippen molar-refractivity contribution >= 4 is 16.9 Å². The van der Waals surface area contributed by atoms with Gasteiger partial charge in [0.1, 0.15) is 11.3 Å². The molecule has 6 heteroatoms. The minimum Gasteiger partial charge on any atom is -0.475 e. The number of aromatic nitrogens is 1. The van der Waals surface area contributed by atoms with Gasteiger partial charge < -0.3 is 19.4 Å². The average Bonchev–Trinajstić information content (AvgIpc) is 3.03. The summed E-state index contributed by atoms with van der Waals surface area (Å²) in [4.78, 5) is 11.3. The molecule has 0 bridgehead atoms. The number of carboxylic acids is 1. The largest absolute Gasteiger partial charge is 0.475 e. The van der Waals surface area contributed by atoms with Crippen LogP contribution >= 0.6 is 0 Å². The smallest absolute Gasteiger partial charge is 0.372 e. The molecule has 0 spiro atoms. The fourth-order valence-corrected chi connectivity index (χ4v) is 2.26. The van der Waals surface area contributed by atoms with Gasteiger partial charge in [-0.05, 0) is 13.0 Å². The number of carboxylic acid groups (broad SMARTS) is 1. The Kier molecular flexibility index (Phi) is 3.45. The van der Waals surface area contributed by atoms with Crippen LogP contribution in [-0.2, 0) is 13.1 Å². The number of furan rings is 1. The van der Waals surface area contributed by atoms with E-state index in [1.54, 1.807) is 6.07 Å². The van der Waals surface area contributed by atoms with Gasteiger partial charge in [0, 0.05) is 30.1 Å². The molecule has 21 heavy (non-hydrogen) atoms. The molecule has 0 amide bonds. The topological polar surface area (TPSA) is 88.5 Å². The van der Waals surface area contributed by atoms with E-state index in [0.29, 0.717) is 24.2 Å². The van der Waals surface area contributed by atoms with Gasteiger partial charge in [-0.1, -0.05) is 23.4 Å². The molecule has 0 aliphatic rings. The second-order valence-electron chi connectivity index (χ2n) is 4.74. The van der Waals surface area contributed by atoms with Crippen LogP contribution in [0.15, 0.2) is 39.3 Å². The van der Waals surface area contributed by atoms with Gasteiger partial charge in [-0.15, -0.1) is 0 Å². The van der Waals surface area contributed by atoms with E-state index in [1.165, 1.54) is 0 Å². The molecule has 3 rings (SSSR count). The van der Waals surface area contributed by atoms with Gasteiger partial charge in [0.25, 0.3) is 0 Å². The molecule has 2 heterocycles. The van der Waals surface area contributed by atoms with Crippen LogP contribution in [0.25, 0.3) is 11.0 Å². The van der Waals surface area contributed by atoms with E-state index >= 15 is 0 Å². The second kappa shape index (κ2) is 5.41. The quantitative estimate of drug-likeness (QED) is 0.749. The van der Waals surface area contributed by atoms with E-state index in [0.717, 1.165) is 16.8 Å². The Bertz CT molecular complexity index is 788. The molecule has 0 saturated heterocycles. The van der Waals surface area contributed by atoms with Crippen LogP contribution in [0.2, 0.25) is 0 Å². The number of nitrogens with zero attached hydrogens (tertiary/aromatic N) is 1. The molecule has 0 aliphatic heterocycles. The number of carbonyl (C=O) groups is 1. The monoisotopic (exact) mass is 286 g/mol. The van der Waals surface area contributed by atoms with Crippen LogP contribution in [0.1, 0.15) is 27.6 Å². The van der Waals surface area contributed by atoms with Crippen LogP contribution < -0.4 is 5.32 Å². The first-order valence-electron chi connectivity index (χ1n) is 6.52. The first-order chi connectivity index (χ1) is 10.1. The first kappa shape index (κ1) is 13.4. The first-order valence-corrected chi connectivity index (χ1v) is 6.52. The summed E-state index contributed by atoms with van der Waals surface area (Å²) >= 11 is 0. The summed E-state index contributed by atoms with van der Waals surface area (Å²) in [5.74, 6) is -0.355. The summed E-state index contributed by atoms with van der Waals surface area (Å²) in [7, 11) is 0. The molecule has 0 atom stereocenters. The second-order valence-corrected chi connectivity index (χ2v) is 4.74. The number of fused-ring (bicyclic) bond motifs is 1. The number of hydrogen-bond donors (Lipinski definition) is 2. The highest BCUT2D eigenvalue weighted by Crippen LogP contribution is 2.25. The summed E-state index contributed by atoms with van der Waals surface area (Å²) in [5.41, 5.74) is 1.99. The Morgan fingerprint density at radius 2 is 2.14 bits per heavy atom. The predicted octanol–water partition coefficient (Wildman–Crippen LogP) is 2.72. The number of hydrogen-bond acceptors (Lipinski definition) is 5. The molecule has 0 fully saturated rings. The van der Waals surface area contributed by atoms with Crippen molar-refractivity contribution < 1.29 is 18.8 Å². The van der Waals surface area contributed by atoms with E-state index < -0.39 is 5.97 Å². The Hall–Kier alpha value is -2.60. The maximum absolute atomic E-state index is 11.3. The summed E-state index contributed by atoms with van der Waals surface area (Å²) in [5, 5.41) is 17.1. The molecule has 0 aliphatic carbocycles. The summed E-state index contributed by atoms with van der Waals surface area (Å²) in [6.07, 6.45) is 0. The SMILES string of the molecule is Cc1cc(CNCc2c(C(=O)O)oc3ccccc23)no1. The highest BCUT2D eigenvalue weighted by molar-refractivity contribution is 5.95. The van der Waals surface area contributed by atoms with E-state index in [1.807, 2.05) is 31.2 Å². The molecule has 108 valence electrons. The van der Waals surface area contributed by atoms with Crippen LogP contribution in [0, 0.1) is 6.92 Å². The van der Waals surface area contributed by atoms with Crippen molar-refractivity contribution in [1.29, 1.82) is 0 Å². The van der Waals surface area contributed by atoms with Crippen LogP contribution in [-0.4, -0.2) is 16.2 Å². The molecule has 0 unspecified atom stereocenters. The van der Waals surface area contributed by atoms with E-state index in [2.05, 4.69) is 10.5 Å². The van der Waals surface area contributed by atoms with Gasteiger partial charge in [0.15, 0.2) is 0 Å². The number of nitrogens with one attached hydrogen (secondary N) is 1. The molecular formula is C15H14N2O4. The van der Waals surface area contributed by atoms with E-state index in [4.69, 9.17) is 8.94 Å². The molecule has 1 aromatic carbocycles. The zero-order chi connectivity index (χ0) is 14.8. The number of benzene rings is 1. The van der Waals surface area contributed by atoms with Crippen molar-refractivity contribution in [2.45, 2.75) is 20.0 Å². The van der Waals surface area contributed by atoms with Crippen molar-refractivity contribution in [3.8, 4) is 0 Å².